The molecule has 0 aliphatic heterocycles. The third kappa shape index (κ3) is 17.5. The van der Waals surface area contributed by atoms with E-state index in [0.29, 0.717) is 12.3 Å². The lowest BCUT2D eigenvalue weighted by Crippen LogP contribution is -2.03. The highest BCUT2D eigenvalue weighted by molar-refractivity contribution is 5.11. The van der Waals surface area contributed by atoms with Crippen molar-refractivity contribution < 1.29 is 15.3 Å². The van der Waals surface area contributed by atoms with Crippen LogP contribution in [0.2, 0.25) is 0 Å². The minimum atomic E-state index is -0.0497. The first kappa shape index (κ1) is 31.3. The lowest BCUT2D eigenvalue weighted by Gasteiger charge is -2.16. The maximum Gasteiger partial charge on any atom is 0.0642 e. The van der Waals surface area contributed by atoms with E-state index >= 15 is 0 Å². The third-order valence-corrected chi connectivity index (χ3v) is 6.07. The predicted molar refractivity (Wildman–Crippen MR) is 144 cm³/mol. The molecule has 0 radical (unpaired) electrons. The Kier molecular flexibility index (Phi) is 18.8. The molecule has 0 fully saturated rings. The molecule has 188 valence electrons. The largest absolute Gasteiger partial charge is 0.392 e. The van der Waals surface area contributed by atoms with Crippen LogP contribution in [0.4, 0.5) is 0 Å². The smallest absolute Gasteiger partial charge is 0.0642 e. The Labute approximate surface area is 204 Å². The Hall–Kier alpha value is -1.68. The van der Waals surface area contributed by atoms with Crippen molar-refractivity contribution in [3.8, 4) is 0 Å². The first-order chi connectivity index (χ1) is 15.7. The molecule has 1 atom stereocenters. The maximum atomic E-state index is 9.73. The molecule has 0 heterocycles. The van der Waals surface area contributed by atoms with Crippen molar-refractivity contribution in [2.24, 2.45) is 5.92 Å². The van der Waals surface area contributed by atoms with Crippen molar-refractivity contribution in [1.29, 1.82) is 0 Å². The molecule has 0 saturated carbocycles. The number of hydrogen-bond acceptors (Lipinski definition) is 3. The molecule has 0 bridgehead atoms. The molecule has 0 aromatic carbocycles. The number of allylic oxidation sites excluding steroid dienone is 8. The second-order valence-electron chi connectivity index (χ2n) is 9.54. The molecule has 3 N–H and O–H groups in total. The van der Waals surface area contributed by atoms with Gasteiger partial charge in [0.25, 0.3) is 0 Å². The summed E-state index contributed by atoms with van der Waals surface area (Å²) < 4.78 is 0. The van der Waals surface area contributed by atoms with E-state index in [1.165, 1.54) is 22.3 Å². The molecule has 1 unspecified atom stereocenters. The van der Waals surface area contributed by atoms with Crippen molar-refractivity contribution in [1.82, 2.24) is 0 Å². The van der Waals surface area contributed by atoms with E-state index in [-0.39, 0.29) is 19.8 Å². The summed E-state index contributed by atoms with van der Waals surface area (Å²) in [6.07, 6.45) is 19.5. The average molecular weight is 459 g/mol. The summed E-state index contributed by atoms with van der Waals surface area (Å²) in [5.74, 6) is 0.415. The standard InChI is InChI=1S/C30H50O3/c1-24(2)10-7-11-26(5)12-8-13-27(6)16-18-30(25(3)4)19-17-28(22-32)14-9-15-29(23-33)20-21-31/h10,12,14,16,20,30-33H,3,7-9,11,13,15,17-19,21-23H2,1-2,4-6H3/b26-12+,27-16+,28-14+,29-20-. The lowest BCUT2D eigenvalue weighted by atomic mass is 9.89. The fraction of sp³-hybridized carbons (Fsp3) is 0.600. The number of aliphatic hydroxyl groups is 3. The van der Waals surface area contributed by atoms with Crippen molar-refractivity contribution in [2.75, 3.05) is 19.8 Å². The van der Waals surface area contributed by atoms with Gasteiger partial charge in [0.05, 0.1) is 19.8 Å². The normalized spacial score (nSPS) is 14.4. The number of hydrogen-bond donors (Lipinski definition) is 3. The van der Waals surface area contributed by atoms with E-state index in [0.717, 1.165) is 62.5 Å². The van der Waals surface area contributed by atoms with E-state index in [9.17, 15) is 10.2 Å². The van der Waals surface area contributed by atoms with Gasteiger partial charge in [0, 0.05) is 0 Å². The third-order valence-electron chi connectivity index (χ3n) is 6.07. The molecule has 0 saturated heterocycles. The van der Waals surface area contributed by atoms with Crippen LogP contribution in [-0.2, 0) is 0 Å². The van der Waals surface area contributed by atoms with E-state index in [1.807, 2.05) is 0 Å². The van der Waals surface area contributed by atoms with Gasteiger partial charge in [0.15, 0.2) is 0 Å². The predicted octanol–water partition coefficient (Wildman–Crippen LogP) is 7.38. The summed E-state index contributed by atoms with van der Waals surface area (Å²) in [7, 11) is 0. The van der Waals surface area contributed by atoms with Crippen LogP contribution in [0.25, 0.3) is 0 Å². The molecule has 0 aromatic rings. The van der Waals surface area contributed by atoms with E-state index < -0.39 is 0 Å². The topological polar surface area (TPSA) is 60.7 Å². The molecule has 0 aliphatic carbocycles. The summed E-state index contributed by atoms with van der Waals surface area (Å²) in [5, 5.41) is 28.0. The Morgan fingerprint density at radius 1 is 0.667 bits per heavy atom. The molecule has 3 nitrogen and oxygen atoms in total. The van der Waals surface area contributed by atoms with Gasteiger partial charge in [-0.15, -0.1) is 0 Å². The zero-order chi connectivity index (χ0) is 25.1. The summed E-state index contributed by atoms with van der Waals surface area (Å²) in [4.78, 5) is 0. The monoisotopic (exact) mass is 458 g/mol. The van der Waals surface area contributed by atoms with Gasteiger partial charge >= 0.3 is 0 Å². The summed E-state index contributed by atoms with van der Waals surface area (Å²) >= 11 is 0. The average Bonchev–Trinajstić information content (AvgIpc) is 2.76. The quantitative estimate of drug-likeness (QED) is 0.188. The Morgan fingerprint density at radius 3 is 1.76 bits per heavy atom. The Balaban J connectivity index is 4.61. The highest BCUT2D eigenvalue weighted by Gasteiger charge is 2.10. The van der Waals surface area contributed by atoms with Crippen LogP contribution < -0.4 is 0 Å². The van der Waals surface area contributed by atoms with E-state index in [4.69, 9.17) is 5.11 Å². The summed E-state index contributed by atoms with van der Waals surface area (Å²) in [6, 6.07) is 0. The van der Waals surface area contributed by atoms with Gasteiger partial charge < -0.3 is 15.3 Å². The molecule has 0 aliphatic rings. The second-order valence-corrected chi connectivity index (χ2v) is 9.54. The summed E-state index contributed by atoms with van der Waals surface area (Å²) in [5.41, 5.74) is 7.36. The maximum absolute atomic E-state index is 9.73. The summed E-state index contributed by atoms with van der Waals surface area (Å²) in [6.45, 7) is 15.0. The number of aliphatic hydroxyl groups excluding tert-OH is 3. The van der Waals surface area contributed by atoms with Crippen molar-refractivity contribution in [3.05, 3.63) is 70.4 Å². The van der Waals surface area contributed by atoms with Crippen LogP contribution in [0.1, 0.15) is 92.4 Å². The fourth-order valence-electron chi connectivity index (χ4n) is 3.69. The van der Waals surface area contributed by atoms with E-state index in [1.54, 1.807) is 6.08 Å². The van der Waals surface area contributed by atoms with Crippen LogP contribution in [0.3, 0.4) is 0 Å². The van der Waals surface area contributed by atoms with Gasteiger partial charge in [-0.25, -0.2) is 0 Å². The highest BCUT2D eigenvalue weighted by atomic mass is 16.3. The van der Waals surface area contributed by atoms with Gasteiger partial charge in [-0.05, 0) is 109 Å². The molecule has 33 heavy (non-hydrogen) atoms. The van der Waals surface area contributed by atoms with Gasteiger partial charge in [-0.3, -0.25) is 0 Å². The number of rotatable bonds is 18. The molecular weight excluding hydrogens is 408 g/mol. The minimum Gasteiger partial charge on any atom is -0.392 e. The van der Waals surface area contributed by atoms with Gasteiger partial charge in [0.2, 0.25) is 0 Å². The minimum absolute atomic E-state index is 0.0302. The fourth-order valence-corrected chi connectivity index (χ4v) is 3.69. The van der Waals surface area contributed by atoms with Crippen LogP contribution in [0.5, 0.6) is 0 Å². The van der Waals surface area contributed by atoms with Crippen molar-refractivity contribution >= 4 is 0 Å². The van der Waals surface area contributed by atoms with Crippen molar-refractivity contribution in [3.63, 3.8) is 0 Å². The molecule has 3 heteroatoms. The van der Waals surface area contributed by atoms with E-state index in [2.05, 4.69) is 65.5 Å². The Morgan fingerprint density at radius 2 is 1.21 bits per heavy atom. The zero-order valence-electron chi connectivity index (χ0n) is 22.0. The molecule has 0 aromatic heterocycles. The van der Waals surface area contributed by atoms with Crippen LogP contribution in [0, 0.1) is 5.92 Å². The highest BCUT2D eigenvalue weighted by Crippen LogP contribution is 2.24. The van der Waals surface area contributed by atoms with Crippen molar-refractivity contribution in [2.45, 2.75) is 92.4 Å². The SMILES string of the molecule is C=C(C)C(C/C=C(\C)CC/C=C(\C)CCC=C(C)C)CC/C(=C\CC/C(=C/CO)CO)CO. The zero-order valence-corrected chi connectivity index (χ0v) is 22.0. The van der Waals surface area contributed by atoms with Gasteiger partial charge in [0.1, 0.15) is 0 Å². The van der Waals surface area contributed by atoms with Crippen LogP contribution in [-0.4, -0.2) is 35.1 Å². The van der Waals surface area contributed by atoms with Crippen LogP contribution in [0.15, 0.2) is 70.4 Å². The molecular formula is C30H50O3. The molecule has 0 spiro atoms. The Bertz CT molecular complexity index is 700. The lowest BCUT2D eigenvalue weighted by molar-refractivity contribution is 0.315. The first-order valence-corrected chi connectivity index (χ1v) is 12.5. The molecule has 0 rings (SSSR count). The first-order valence-electron chi connectivity index (χ1n) is 12.5. The van der Waals surface area contributed by atoms with Gasteiger partial charge in [-0.2, -0.15) is 0 Å². The van der Waals surface area contributed by atoms with Crippen LogP contribution >= 0.6 is 0 Å². The second kappa shape index (κ2) is 19.8. The van der Waals surface area contributed by atoms with Gasteiger partial charge in [-0.1, -0.05) is 59.3 Å². The molecule has 0 amide bonds.